The lowest BCUT2D eigenvalue weighted by molar-refractivity contribution is -0.0538. The Morgan fingerprint density at radius 3 is 2.38 bits per heavy atom. The Hall–Kier alpha value is -0.810. The second-order valence-corrected chi connectivity index (χ2v) is 7.18. The van der Waals surface area contributed by atoms with E-state index in [4.69, 9.17) is 14.2 Å². The first-order valence-electron chi connectivity index (χ1n) is 8.13. The van der Waals surface area contributed by atoms with Crippen molar-refractivity contribution in [3.8, 4) is 0 Å². The van der Waals surface area contributed by atoms with Gasteiger partial charge in [0.05, 0.1) is 13.2 Å². The van der Waals surface area contributed by atoms with Gasteiger partial charge in [-0.1, -0.05) is 19.3 Å². The van der Waals surface area contributed by atoms with E-state index in [1.807, 2.05) is 20.8 Å². The molecule has 1 amide bonds. The van der Waals surface area contributed by atoms with Gasteiger partial charge in [0.25, 0.3) is 0 Å². The molecule has 1 N–H and O–H groups in total. The van der Waals surface area contributed by atoms with E-state index < -0.39 is 5.60 Å². The molecule has 0 aromatic carbocycles. The van der Waals surface area contributed by atoms with Crippen molar-refractivity contribution in [3.63, 3.8) is 0 Å². The summed E-state index contributed by atoms with van der Waals surface area (Å²) in [6, 6.07) is 0. The number of alkyl carbamates (subject to hydrolysis) is 1. The highest BCUT2D eigenvalue weighted by Gasteiger charge is 2.36. The number of amides is 1. The number of hydrogen-bond acceptors (Lipinski definition) is 4. The zero-order valence-corrected chi connectivity index (χ0v) is 13.6. The van der Waals surface area contributed by atoms with E-state index in [0.29, 0.717) is 13.2 Å². The molecule has 0 aromatic rings. The Morgan fingerprint density at radius 2 is 1.81 bits per heavy atom. The quantitative estimate of drug-likeness (QED) is 0.864. The molecular weight excluding hydrogens is 270 g/mol. The van der Waals surface area contributed by atoms with Crippen LogP contribution in [0.1, 0.15) is 65.7 Å². The fraction of sp³-hybridized carbons (Fsp3) is 0.938. The highest BCUT2D eigenvalue weighted by atomic mass is 16.7. The molecule has 0 spiro atoms. The number of nitrogens with one attached hydrogen (secondary N) is 1. The van der Waals surface area contributed by atoms with Crippen molar-refractivity contribution in [2.75, 3.05) is 13.2 Å². The lowest BCUT2D eigenvalue weighted by atomic mass is 9.78. The van der Waals surface area contributed by atoms with E-state index >= 15 is 0 Å². The number of ether oxygens (including phenoxy) is 3. The SMILES string of the molecule is CC(C)(C)OC(=O)NC1(CCC2OCCO2)CCCCC1. The maximum atomic E-state index is 12.1. The van der Waals surface area contributed by atoms with Gasteiger partial charge in [-0.3, -0.25) is 0 Å². The summed E-state index contributed by atoms with van der Waals surface area (Å²) >= 11 is 0. The Kier molecular flexibility index (Phi) is 5.49. The van der Waals surface area contributed by atoms with Crippen molar-refractivity contribution in [2.45, 2.75) is 83.1 Å². The fourth-order valence-electron chi connectivity index (χ4n) is 3.15. The highest BCUT2D eigenvalue weighted by Crippen LogP contribution is 2.33. The molecule has 2 fully saturated rings. The molecule has 1 aliphatic carbocycles. The second-order valence-electron chi connectivity index (χ2n) is 7.18. The molecular formula is C16H29NO4. The number of carbonyl (C=O) groups excluding carboxylic acids is 1. The van der Waals surface area contributed by atoms with Crippen LogP contribution in [0.3, 0.4) is 0 Å². The van der Waals surface area contributed by atoms with E-state index in [-0.39, 0.29) is 17.9 Å². The third-order valence-corrected chi connectivity index (χ3v) is 4.13. The van der Waals surface area contributed by atoms with Crippen LogP contribution in [0.4, 0.5) is 4.79 Å². The Labute approximate surface area is 127 Å². The van der Waals surface area contributed by atoms with Gasteiger partial charge in [0.15, 0.2) is 6.29 Å². The molecule has 0 atom stereocenters. The van der Waals surface area contributed by atoms with Crippen molar-refractivity contribution in [3.05, 3.63) is 0 Å². The normalized spacial score (nSPS) is 23.0. The zero-order chi connectivity index (χ0) is 15.3. The van der Waals surface area contributed by atoms with Gasteiger partial charge < -0.3 is 19.5 Å². The van der Waals surface area contributed by atoms with Crippen LogP contribution in [-0.4, -0.2) is 36.7 Å². The van der Waals surface area contributed by atoms with Crippen LogP contribution in [0.2, 0.25) is 0 Å². The van der Waals surface area contributed by atoms with Crippen molar-refractivity contribution < 1.29 is 19.0 Å². The summed E-state index contributed by atoms with van der Waals surface area (Å²) in [7, 11) is 0. The van der Waals surface area contributed by atoms with Crippen LogP contribution in [0.5, 0.6) is 0 Å². The molecule has 122 valence electrons. The lowest BCUT2D eigenvalue weighted by Crippen LogP contribution is -2.51. The van der Waals surface area contributed by atoms with Gasteiger partial charge in [-0.15, -0.1) is 0 Å². The molecule has 2 aliphatic rings. The van der Waals surface area contributed by atoms with Gasteiger partial charge in [0.1, 0.15) is 5.60 Å². The molecule has 1 saturated carbocycles. The molecule has 5 nitrogen and oxygen atoms in total. The summed E-state index contributed by atoms with van der Waals surface area (Å²) in [5.41, 5.74) is -0.618. The number of carbonyl (C=O) groups is 1. The molecule has 0 bridgehead atoms. The minimum absolute atomic E-state index is 0.107. The molecule has 1 heterocycles. The van der Waals surface area contributed by atoms with Gasteiger partial charge in [0, 0.05) is 12.0 Å². The average Bonchev–Trinajstić information content (AvgIpc) is 2.88. The molecule has 0 aromatic heterocycles. The lowest BCUT2D eigenvalue weighted by Gasteiger charge is -2.39. The summed E-state index contributed by atoms with van der Waals surface area (Å²) < 4.78 is 16.4. The summed E-state index contributed by atoms with van der Waals surface area (Å²) in [5.74, 6) is 0. The summed E-state index contributed by atoms with van der Waals surface area (Å²) in [6.45, 7) is 7.02. The highest BCUT2D eigenvalue weighted by molar-refractivity contribution is 5.68. The minimum atomic E-state index is -0.461. The van der Waals surface area contributed by atoms with Crippen molar-refractivity contribution >= 4 is 6.09 Å². The first-order chi connectivity index (χ1) is 9.89. The van der Waals surface area contributed by atoms with Crippen LogP contribution >= 0.6 is 0 Å². The fourth-order valence-corrected chi connectivity index (χ4v) is 3.15. The Morgan fingerprint density at radius 1 is 1.19 bits per heavy atom. The zero-order valence-electron chi connectivity index (χ0n) is 13.6. The van der Waals surface area contributed by atoms with E-state index in [0.717, 1.165) is 38.5 Å². The number of rotatable bonds is 4. The maximum absolute atomic E-state index is 12.1. The summed E-state index contributed by atoms with van der Waals surface area (Å²) in [5, 5.41) is 3.14. The third-order valence-electron chi connectivity index (χ3n) is 4.13. The van der Waals surface area contributed by atoms with Crippen LogP contribution < -0.4 is 5.32 Å². The molecule has 2 rings (SSSR count). The standard InChI is InChI=1S/C16H29NO4/c1-15(2,3)21-14(18)17-16(8-5-4-6-9-16)10-7-13-19-11-12-20-13/h13H,4-12H2,1-3H3,(H,17,18). The van der Waals surface area contributed by atoms with E-state index in [2.05, 4.69) is 5.32 Å². The number of hydrogen-bond donors (Lipinski definition) is 1. The summed E-state index contributed by atoms with van der Waals surface area (Å²) in [4.78, 5) is 12.1. The molecule has 0 unspecified atom stereocenters. The van der Waals surface area contributed by atoms with E-state index in [1.54, 1.807) is 0 Å². The van der Waals surface area contributed by atoms with Crippen LogP contribution in [0, 0.1) is 0 Å². The van der Waals surface area contributed by atoms with Crippen molar-refractivity contribution in [1.82, 2.24) is 5.32 Å². The largest absolute Gasteiger partial charge is 0.444 e. The molecule has 21 heavy (non-hydrogen) atoms. The second kappa shape index (κ2) is 6.97. The van der Waals surface area contributed by atoms with Crippen molar-refractivity contribution in [2.24, 2.45) is 0 Å². The minimum Gasteiger partial charge on any atom is -0.444 e. The molecule has 0 radical (unpaired) electrons. The molecule has 5 heteroatoms. The molecule has 1 aliphatic heterocycles. The smallest absolute Gasteiger partial charge is 0.408 e. The van der Waals surface area contributed by atoms with Gasteiger partial charge in [-0.2, -0.15) is 0 Å². The maximum Gasteiger partial charge on any atom is 0.408 e. The van der Waals surface area contributed by atoms with Gasteiger partial charge >= 0.3 is 6.09 Å². The predicted octanol–water partition coefficient (Wildman–Crippen LogP) is 3.37. The van der Waals surface area contributed by atoms with Crippen LogP contribution in [0.15, 0.2) is 0 Å². The average molecular weight is 299 g/mol. The molecule has 1 saturated heterocycles. The van der Waals surface area contributed by atoms with Gasteiger partial charge in [-0.25, -0.2) is 4.79 Å². The Balaban J connectivity index is 1.90. The van der Waals surface area contributed by atoms with Gasteiger partial charge in [0.2, 0.25) is 0 Å². The Bertz CT molecular complexity index is 339. The summed E-state index contributed by atoms with van der Waals surface area (Å²) in [6.07, 6.45) is 6.88. The third kappa shape index (κ3) is 5.47. The predicted molar refractivity (Wildman–Crippen MR) is 80.1 cm³/mol. The van der Waals surface area contributed by atoms with Crippen LogP contribution in [-0.2, 0) is 14.2 Å². The first-order valence-corrected chi connectivity index (χ1v) is 8.13. The van der Waals surface area contributed by atoms with E-state index in [9.17, 15) is 4.79 Å². The van der Waals surface area contributed by atoms with Crippen molar-refractivity contribution in [1.29, 1.82) is 0 Å². The topological polar surface area (TPSA) is 56.8 Å². The van der Waals surface area contributed by atoms with E-state index in [1.165, 1.54) is 6.42 Å². The van der Waals surface area contributed by atoms with Crippen LogP contribution in [0.25, 0.3) is 0 Å². The monoisotopic (exact) mass is 299 g/mol. The first kappa shape index (κ1) is 16.6. The van der Waals surface area contributed by atoms with Gasteiger partial charge in [-0.05, 0) is 40.0 Å².